The number of ether oxygens (including phenoxy) is 1. The molecule has 0 aliphatic rings. The molecule has 3 aromatic carbocycles. The van der Waals surface area contributed by atoms with Gasteiger partial charge in [-0.15, -0.1) is 0 Å². The fraction of sp³-hybridized carbons (Fsp3) is 0.192. The summed E-state index contributed by atoms with van der Waals surface area (Å²) in [4.78, 5) is 42.1. The van der Waals surface area contributed by atoms with E-state index in [0.717, 1.165) is 11.1 Å². The van der Waals surface area contributed by atoms with E-state index in [1.54, 1.807) is 50.5 Å². The van der Waals surface area contributed by atoms with Gasteiger partial charge in [0, 0.05) is 35.9 Å². The van der Waals surface area contributed by atoms with Gasteiger partial charge in [-0.2, -0.15) is 0 Å². The highest BCUT2D eigenvalue weighted by Crippen LogP contribution is 2.24. The second-order valence-corrected chi connectivity index (χ2v) is 8.63. The normalized spacial score (nSPS) is 11.4. The Bertz CT molecular complexity index is 1420. The lowest BCUT2D eigenvalue weighted by Gasteiger charge is -2.27. The van der Waals surface area contributed by atoms with Gasteiger partial charge in [-0.25, -0.2) is 4.79 Å². The van der Waals surface area contributed by atoms with Crippen molar-refractivity contribution >= 4 is 33.8 Å². The number of nitrogens with zero attached hydrogens (tertiary/aromatic N) is 1. The maximum Gasteiger partial charge on any atom is 0.414 e. The summed E-state index contributed by atoms with van der Waals surface area (Å²) in [5.74, 6) is 0.157. The van der Waals surface area contributed by atoms with Gasteiger partial charge in [-0.3, -0.25) is 9.59 Å². The number of hydrogen-bond donors (Lipinski definition) is 2. The molecule has 0 bridgehead atoms. The van der Waals surface area contributed by atoms with Gasteiger partial charge < -0.3 is 19.9 Å². The molecule has 4 rings (SSSR count). The summed E-state index contributed by atoms with van der Waals surface area (Å²) in [6.07, 6.45) is -0.461. The average molecular weight is 444 g/mol. The average Bonchev–Trinajstić information content (AvgIpc) is 2.79. The lowest BCUT2D eigenvalue weighted by Crippen LogP contribution is -2.41. The van der Waals surface area contributed by atoms with Crippen molar-refractivity contribution in [1.82, 2.24) is 15.2 Å². The van der Waals surface area contributed by atoms with Crippen LogP contribution in [0, 0.1) is 0 Å². The summed E-state index contributed by atoms with van der Waals surface area (Å²) in [6, 6.07) is 19.3. The Hall–Kier alpha value is -4.13. The van der Waals surface area contributed by atoms with Crippen LogP contribution in [-0.4, -0.2) is 36.0 Å². The van der Waals surface area contributed by atoms with Crippen molar-refractivity contribution in [3.63, 3.8) is 0 Å². The highest BCUT2D eigenvalue weighted by atomic mass is 16.6. The molecule has 0 unspecified atom stereocenters. The third kappa shape index (κ3) is 4.43. The molecule has 2 amide bonds. The first-order chi connectivity index (χ1) is 15.7. The standard InChI is InChI=1S/C26H25N3O4/c1-26(2,17-10-12-18(13-11-17)33-25(32)29(3)4)28-24(31)16-9-14-20-22(15-16)27-21-8-6-5-7-19(21)23(20)30/h5-15H,1-4H3,(H,27,30)(H,28,31). The van der Waals surface area contributed by atoms with Crippen LogP contribution in [0.2, 0.25) is 0 Å². The molecule has 0 saturated carbocycles. The van der Waals surface area contributed by atoms with Crippen LogP contribution in [0.4, 0.5) is 4.79 Å². The second-order valence-electron chi connectivity index (χ2n) is 8.63. The zero-order valence-corrected chi connectivity index (χ0v) is 18.9. The summed E-state index contributed by atoms with van der Waals surface area (Å²) >= 11 is 0. The molecule has 0 spiro atoms. The number of benzene rings is 3. The van der Waals surface area contributed by atoms with E-state index in [1.807, 2.05) is 44.2 Å². The topological polar surface area (TPSA) is 91.5 Å². The number of aromatic nitrogens is 1. The van der Waals surface area contributed by atoms with Gasteiger partial charge in [0.15, 0.2) is 5.43 Å². The van der Waals surface area contributed by atoms with Gasteiger partial charge in [0.25, 0.3) is 5.91 Å². The van der Waals surface area contributed by atoms with E-state index >= 15 is 0 Å². The number of pyridine rings is 1. The summed E-state index contributed by atoms with van der Waals surface area (Å²) in [5.41, 5.74) is 1.87. The predicted octanol–water partition coefficient (Wildman–Crippen LogP) is 4.41. The molecule has 2 N–H and O–H groups in total. The van der Waals surface area contributed by atoms with Crippen LogP contribution in [0.3, 0.4) is 0 Å². The highest BCUT2D eigenvalue weighted by Gasteiger charge is 2.24. The molecule has 33 heavy (non-hydrogen) atoms. The van der Waals surface area contributed by atoms with Crippen LogP contribution in [0.1, 0.15) is 29.8 Å². The predicted molar refractivity (Wildman–Crippen MR) is 129 cm³/mol. The maximum atomic E-state index is 13.0. The van der Waals surface area contributed by atoms with Gasteiger partial charge in [0.2, 0.25) is 0 Å². The number of para-hydroxylation sites is 1. The fourth-order valence-electron chi connectivity index (χ4n) is 3.63. The summed E-state index contributed by atoms with van der Waals surface area (Å²) in [6.45, 7) is 3.78. The lowest BCUT2D eigenvalue weighted by atomic mass is 9.93. The molecular formula is C26H25N3O4. The molecule has 4 aromatic rings. The molecule has 7 heteroatoms. The van der Waals surface area contributed by atoms with E-state index in [0.29, 0.717) is 27.6 Å². The van der Waals surface area contributed by atoms with Crippen molar-refractivity contribution in [2.45, 2.75) is 19.4 Å². The lowest BCUT2D eigenvalue weighted by molar-refractivity contribution is 0.0912. The zero-order valence-electron chi connectivity index (χ0n) is 18.9. The minimum absolute atomic E-state index is 0.0679. The van der Waals surface area contributed by atoms with E-state index in [-0.39, 0.29) is 11.3 Å². The van der Waals surface area contributed by atoms with Gasteiger partial charge in [0.1, 0.15) is 5.75 Å². The van der Waals surface area contributed by atoms with Crippen molar-refractivity contribution in [2.24, 2.45) is 0 Å². The van der Waals surface area contributed by atoms with Crippen molar-refractivity contribution in [3.8, 4) is 5.75 Å². The van der Waals surface area contributed by atoms with Gasteiger partial charge in [-0.05, 0) is 61.9 Å². The number of carbonyl (C=O) groups excluding carboxylic acids is 2. The Kier molecular flexibility index (Phi) is 5.64. The van der Waals surface area contributed by atoms with E-state index in [1.165, 1.54) is 4.90 Å². The molecule has 168 valence electrons. The molecule has 0 aliphatic heterocycles. The molecule has 0 fully saturated rings. The Morgan fingerprint density at radius 3 is 2.27 bits per heavy atom. The van der Waals surface area contributed by atoms with Crippen LogP contribution < -0.4 is 15.5 Å². The number of carbonyl (C=O) groups is 2. The van der Waals surface area contributed by atoms with Gasteiger partial charge in [0.05, 0.1) is 11.1 Å². The minimum atomic E-state index is -0.688. The Morgan fingerprint density at radius 2 is 1.58 bits per heavy atom. The number of hydrogen-bond acceptors (Lipinski definition) is 4. The Balaban J connectivity index is 1.57. The number of H-pyrrole nitrogens is 1. The van der Waals surface area contributed by atoms with E-state index in [4.69, 9.17) is 4.74 Å². The fourth-order valence-corrected chi connectivity index (χ4v) is 3.63. The van der Waals surface area contributed by atoms with Gasteiger partial charge in [-0.1, -0.05) is 24.3 Å². The zero-order chi connectivity index (χ0) is 23.8. The minimum Gasteiger partial charge on any atom is -0.410 e. The summed E-state index contributed by atoms with van der Waals surface area (Å²) < 4.78 is 5.25. The third-order valence-electron chi connectivity index (χ3n) is 5.54. The largest absolute Gasteiger partial charge is 0.414 e. The quantitative estimate of drug-likeness (QED) is 0.457. The first-order valence-electron chi connectivity index (χ1n) is 10.5. The Labute approximate surface area is 191 Å². The molecule has 1 aromatic heterocycles. The number of aromatic amines is 1. The number of rotatable bonds is 4. The first kappa shape index (κ1) is 22.1. The third-order valence-corrected chi connectivity index (χ3v) is 5.54. The summed E-state index contributed by atoms with van der Waals surface area (Å²) in [7, 11) is 3.22. The Morgan fingerprint density at radius 1 is 0.909 bits per heavy atom. The van der Waals surface area contributed by atoms with Crippen LogP contribution >= 0.6 is 0 Å². The SMILES string of the molecule is CN(C)C(=O)Oc1ccc(C(C)(C)NC(=O)c2ccc3c(=O)c4ccccc4[nH]c3c2)cc1. The molecule has 1 heterocycles. The van der Waals surface area contributed by atoms with E-state index in [9.17, 15) is 14.4 Å². The number of nitrogens with one attached hydrogen (secondary N) is 2. The summed E-state index contributed by atoms with van der Waals surface area (Å²) in [5, 5.41) is 4.19. The number of amides is 2. The van der Waals surface area contributed by atoms with Crippen molar-refractivity contribution < 1.29 is 14.3 Å². The number of fused-ring (bicyclic) bond motifs is 2. The van der Waals surface area contributed by atoms with Crippen LogP contribution in [-0.2, 0) is 5.54 Å². The monoisotopic (exact) mass is 443 g/mol. The maximum absolute atomic E-state index is 13.0. The highest BCUT2D eigenvalue weighted by molar-refractivity contribution is 6.00. The molecule has 0 radical (unpaired) electrons. The van der Waals surface area contributed by atoms with Crippen LogP contribution in [0.25, 0.3) is 21.8 Å². The van der Waals surface area contributed by atoms with Crippen molar-refractivity contribution in [1.29, 1.82) is 0 Å². The molecule has 0 aliphatic carbocycles. The van der Waals surface area contributed by atoms with E-state index in [2.05, 4.69) is 10.3 Å². The second kappa shape index (κ2) is 8.43. The van der Waals surface area contributed by atoms with Crippen molar-refractivity contribution in [3.05, 3.63) is 88.1 Å². The molecular weight excluding hydrogens is 418 g/mol. The van der Waals surface area contributed by atoms with Crippen LogP contribution in [0.15, 0.2) is 71.5 Å². The van der Waals surface area contributed by atoms with E-state index < -0.39 is 11.6 Å². The van der Waals surface area contributed by atoms with Crippen LogP contribution in [0.5, 0.6) is 5.75 Å². The smallest absolute Gasteiger partial charge is 0.410 e. The molecule has 7 nitrogen and oxygen atoms in total. The van der Waals surface area contributed by atoms with Gasteiger partial charge >= 0.3 is 6.09 Å². The molecule has 0 saturated heterocycles. The molecule has 0 atom stereocenters. The first-order valence-corrected chi connectivity index (χ1v) is 10.5. The van der Waals surface area contributed by atoms with Crippen molar-refractivity contribution in [2.75, 3.05) is 14.1 Å².